The maximum atomic E-state index is 5.34. The second-order valence-corrected chi connectivity index (χ2v) is 4.32. The molecule has 1 aliphatic heterocycles. The minimum absolute atomic E-state index is 0.771. The third-order valence-corrected chi connectivity index (χ3v) is 3.02. The summed E-state index contributed by atoms with van der Waals surface area (Å²) in [6.07, 6.45) is 1.85. The second-order valence-electron chi connectivity index (χ2n) is 4.32. The molecule has 2 heterocycles. The molecule has 0 spiro atoms. The lowest BCUT2D eigenvalue weighted by molar-refractivity contribution is 0.122. The molecular weight excluding hydrogens is 213 g/mol. The van der Waals surface area contributed by atoms with Crippen LogP contribution in [0.1, 0.15) is 0 Å². The summed E-state index contributed by atoms with van der Waals surface area (Å²) in [7, 11) is 2.07. The van der Waals surface area contributed by atoms with Crippen LogP contribution in [0.2, 0.25) is 0 Å². The fraction of sp³-hybridized carbons (Fsp3) is 0.333. The smallest absolute Gasteiger partial charge is 0.148 e. The Bertz CT molecular complexity index is 540. The second kappa shape index (κ2) is 4.33. The topological polar surface area (TPSA) is 38.2 Å². The minimum atomic E-state index is 0.771. The van der Waals surface area contributed by atoms with Gasteiger partial charge in [0.2, 0.25) is 0 Å². The fourth-order valence-electron chi connectivity index (χ4n) is 2.06. The van der Waals surface area contributed by atoms with Crippen LogP contribution in [-0.4, -0.2) is 44.1 Å². The molecule has 1 aromatic carbocycles. The number of hydrogen-bond donors (Lipinski definition) is 0. The number of anilines is 1. The largest absolute Gasteiger partial charge is 0.378 e. The van der Waals surface area contributed by atoms with Crippen LogP contribution in [0.5, 0.6) is 0 Å². The van der Waals surface area contributed by atoms with Crippen LogP contribution in [-0.2, 0) is 4.74 Å². The van der Waals surface area contributed by atoms with E-state index in [-0.39, 0.29) is 0 Å². The minimum Gasteiger partial charge on any atom is -0.378 e. The Morgan fingerprint density at radius 2 is 2.00 bits per heavy atom. The first-order chi connectivity index (χ1) is 8.33. The predicted molar refractivity (Wildman–Crippen MR) is 70.7 cm³/mol. The number of nitrogens with zero attached hydrogens (tertiary/aromatic N) is 3. The average Bonchev–Trinajstić information content (AvgIpc) is 2.39. The first-order valence-electron chi connectivity index (χ1n) is 5.89. The van der Waals surface area contributed by atoms with Gasteiger partial charge in [0.1, 0.15) is 13.7 Å². The number of fused-ring (bicyclic) bond motifs is 1. The van der Waals surface area contributed by atoms with E-state index in [4.69, 9.17) is 4.74 Å². The molecule has 3 rings (SSSR count). The molecule has 0 saturated carbocycles. The molecule has 1 fully saturated rings. The van der Waals surface area contributed by atoms with Gasteiger partial charge in [0.15, 0.2) is 0 Å². The molecule has 0 atom stereocenters. The number of rotatable bonds is 1. The van der Waals surface area contributed by atoms with E-state index in [0.717, 1.165) is 43.2 Å². The lowest BCUT2D eigenvalue weighted by Gasteiger charge is -2.27. The first-order valence-corrected chi connectivity index (χ1v) is 5.89. The summed E-state index contributed by atoms with van der Waals surface area (Å²) in [6.45, 7) is 3.33. The summed E-state index contributed by atoms with van der Waals surface area (Å²) in [6, 6.07) is 6.15. The molecule has 4 nitrogen and oxygen atoms in total. The van der Waals surface area contributed by atoms with E-state index in [0.29, 0.717) is 0 Å². The van der Waals surface area contributed by atoms with Crippen molar-refractivity contribution in [3.05, 3.63) is 24.4 Å². The maximum absolute atomic E-state index is 5.34. The van der Waals surface area contributed by atoms with Crippen LogP contribution in [0.3, 0.4) is 0 Å². The standard InChI is InChI=1S/C12H14BN3O/c13-9-1-2-10-11(7-9)15-12(8-14-10)16-3-5-17-6-4-16/h1-2,7-8H,3-6,13H2. The van der Waals surface area contributed by atoms with Gasteiger partial charge in [-0.3, -0.25) is 4.98 Å². The van der Waals surface area contributed by atoms with Crippen molar-refractivity contribution in [2.45, 2.75) is 0 Å². The van der Waals surface area contributed by atoms with Gasteiger partial charge in [-0.15, -0.1) is 0 Å². The van der Waals surface area contributed by atoms with Crippen LogP contribution < -0.4 is 10.4 Å². The normalized spacial score (nSPS) is 16.4. The number of morpholine rings is 1. The van der Waals surface area contributed by atoms with Crippen molar-refractivity contribution < 1.29 is 4.74 Å². The molecule has 0 unspecified atom stereocenters. The van der Waals surface area contributed by atoms with Gasteiger partial charge in [-0.25, -0.2) is 4.98 Å². The van der Waals surface area contributed by atoms with E-state index < -0.39 is 0 Å². The Morgan fingerprint density at radius 3 is 2.82 bits per heavy atom. The Balaban J connectivity index is 1.99. The van der Waals surface area contributed by atoms with Crippen LogP contribution in [0.15, 0.2) is 24.4 Å². The van der Waals surface area contributed by atoms with Crippen LogP contribution in [0.25, 0.3) is 11.0 Å². The number of hydrogen-bond acceptors (Lipinski definition) is 4. The Morgan fingerprint density at radius 1 is 1.18 bits per heavy atom. The molecule has 0 N–H and O–H groups in total. The Labute approximate surface area is 101 Å². The average molecular weight is 227 g/mol. The van der Waals surface area contributed by atoms with Crippen LogP contribution >= 0.6 is 0 Å². The van der Waals surface area contributed by atoms with Gasteiger partial charge in [0, 0.05) is 13.1 Å². The highest BCUT2D eigenvalue weighted by molar-refractivity contribution is 6.33. The molecule has 1 aliphatic rings. The summed E-state index contributed by atoms with van der Waals surface area (Å²) in [5, 5.41) is 0. The van der Waals surface area contributed by atoms with E-state index in [9.17, 15) is 0 Å². The van der Waals surface area contributed by atoms with Gasteiger partial charge in [0.05, 0.1) is 30.4 Å². The Kier molecular flexibility index (Phi) is 2.69. The van der Waals surface area contributed by atoms with Crippen molar-refractivity contribution in [1.82, 2.24) is 9.97 Å². The molecule has 5 heteroatoms. The summed E-state index contributed by atoms with van der Waals surface area (Å²) in [5.41, 5.74) is 3.13. The molecular formula is C12H14BN3O. The van der Waals surface area contributed by atoms with Crippen molar-refractivity contribution in [2.24, 2.45) is 0 Å². The quantitative estimate of drug-likeness (QED) is 0.628. The van der Waals surface area contributed by atoms with Crippen molar-refractivity contribution in [3.63, 3.8) is 0 Å². The predicted octanol–water partition coefficient (Wildman–Crippen LogP) is -0.275. The number of aromatic nitrogens is 2. The van der Waals surface area contributed by atoms with Crippen LogP contribution in [0, 0.1) is 0 Å². The third-order valence-electron chi connectivity index (χ3n) is 3.02. The lowest BCUT2D eigenvalue weighted by atomic mass is 9.96. The van der Waals surface area contributed by atoms with Gasteiger partial charge in [-0.2, -0.15) is 0 Å². The molecule has 1 saturated heterocycles. The fourth-order valence-corrected chi connectivity index (χ4v) is 2.06. The monoisotopic (exact) mass is 227 g/mol. The molecule has 17 heavy (non-hydrogen) atoms. The third kappa shape index (κ3) is 2.10. The zero-order valence-corrected chi connectivity index (χ0v) is 9.89. The molecule has 0 amide bonds. The van der Waals surface area contributed by atoms with E-state index in [1.807, 2.05) is 12.3 Å². The van der Waals surface area contributed by atoms with E-state index in [1.54, 1.807) is 0 Å². The summed E-state index contributed by atoms with van der Waals surface area (Å²) < 4.78 is 5.34. The van der Waals surface area contributed by atoms with Gasteiger partial charge < -0.3 is 9.64 Å². The number of benzene rings is 1. The molecule has 86 valence electrons. The zero-order valence-electron chi connectivity index (χ0n) is 9.89. The zero-order chi connectivity index (χ0) is 11.7. The maximum Gasteiger partial charge on any atom is 0.148 e. The highest BCUT2D eigenvalue weighted by Crippen LogP contribution is 2.15. The highest BCUT2D eigenvalue weighted by atomic mass is 16.5. The van der Waals surface area contributed by atoms with Crippen molar-refractivity contribution >= 4 is 30.2 Å². The van der Waals surface area contributed by atoms with E-state index in [2.05, 4.69) is 34.8 Å². The number of ether oxygens (including phenoxy) is 1. The van der Waals surface area contributed by atoms with Gasteiger partial charge in [-0.1, -0.05) is 11.5 Å². The molecule has 0 radical (unpaired) electrons. The highest BCUT2D eigenvalue weighted by Gasteiger charge is 2.13. The Hall–Kier alpha value is -1.62. The van der Waals surface area contributed by atoms with Gasteiger partial charge in [0.25, 0.3) is 0 Å². The summed E-state index contributed by atoms with van der Waals surface area (Å²) >= 11 is 0. The van der Waals surface area contributed by atoms with E-state index >= 15 is 0 Å². The van der Waals surface area contributed by atoms with E-state index in [1.165, 1.54) is 5.46 Å². The molecule has 0 bridgehead atoms. The van der Waals surface area contributed by atoms with Crippen molar-refractivity contribution in [1.29, 1.82) is 0 Å². The molecule has 1 aromatic heterocycles. The van der Waals surface area contributed by atoms with Crippen molar-refractivity contribution in [2.75, 3.05) is 31.2 Å². The van der Waals surface area contributed by atoms with Crippen LogP contribution in [0.4, 0.5) is 5.82 Å². The summed E-state index contributed by atoms with van der Waals surface area (Å²) in [5.74, 6) is 0.950. The van der Waals surface area contributed by atoms with Gasteiger partial charge >= 0.3 is 0 Å². The first kappa shape index (κ1) is 10.5. The SMILES string of the molecule is Bc1ccc2ncc(N3CCOCC3)nc2c1. The molecule has 0 aliphatic carbocycles. The van der Waals surface area contributed by atoms with Gasteiger partial charge in [-0.05, 0) is 12.1 Å². The van der Waals surface area contributed by atoms with Crippen molar-refractivity contribution in [3.8, 4) is 0 Å². The summed E-state index contributed by atoms with van der Waals surface area (Å²) in [4.78, 5) is 11.3. The lowest BCUT2D eigenvalue weighted by Crippen LogP contribution is -2.36. The molecule has 2 aromatic rings.